The molecule has 3 N–H and O–H groups in total. The minimum atomic E-state index is 0.517. The van der Waals surface area contributed by atoms with Crippen LogP contribution < -0.4 is 11.1 Å². The number of para-hydroxylation sites is 1. The minimum absolute atomic E-state index is 0.517. The van der Waals surface area contributed by atoms with E-state index in [0.29, 0.717) is 5.92 Å². The van der Waals surface area contributed by atoms with Gasteiger partial charge in [0.15, 0.2) is 0 Å². The highest BCUT2D eigenvalue weighted by Gasteiger charge is 2.08. The molecule has 2 nitrogen and oxygen atoms in total. The van der Waals surface area contributed by atoms with Crippen molar-refractivity contribution >= 4 is 11.4 Å². The lowest BCUT2D eigenvalue weighted by atomic mass is 9.98. The molecule has 0 heterocycles. The summed E-state index contributed by atoms with van der Waals surface area (Å²) in [7, 11) is 0. The van der Waals surface area contributed by atoms with Crippen LogP contribution in [0.15, 0.2) is 42.5 Å². The van der Waals surface area contributed by atoms with Gasteiger partial charge in [-0.25, -0.2) is 0 Å². The second kappa shape index (κ2) is 5.79. The van der Waals surface area contributed by atoms with Crippen molar-refractivity contribution in [3.63, 3.8) is 0 Å². The second-order valence-corrected chi connectivity index (χ2v) is 5.29. The zero-order valence-corrected chi connectivity index (χ0v) is 11.9. The molecule has 0 aromatic heterocycles. The fourth-order valence-electron chi connectivity index (χ4n) is 2.31. The van der Waals surface area contributed by atoms with E-state index in [-0.39, 0.29) is 0 Å². The van der Waals surface area contributed by atoms with Crippen LogP contribution >= 0.6 is 0 Å². The highest BCUT2D eigenvalue weighted by Crippen LogP contribution is 2.27. The predicted molar refractivity (Wildman–Crippen MR) is 83.4 cm³/mol. The molecule has 2 rings (SSSR count). The van der Waals surface area contributed by atoms with Gasteiger partial charge in [0.25, 0.3) is 0 Å². The quantitative estimate of drug-likeness (QED) is 0.798. The molecule has 2 heteroatoms. The van der Waals surface area contributed by atoms with Crippen molar-refractivity contribution in [2.45, 2.75) is 33.2 Å². The third-order valence-electron chi connectivity index (χ3n) is 3.35. The number of anilines is 2. The van der Waals surface area contributed by atoms with E-state index in [9.17, 15) is 0 Å². The smallest absolute Gasteiger partial charge is 0.0407 e. The molecule has 0 saturated heterocycles. The Kier molecular flexibility index (Phi) is 4.10. The van der Waals surface area contributed by atoms with Gasteiger partial charge in [-0.15, -0.1) is 0 Å². The van der Waals surface area contributed by atoms with Crippen LogP contribution in [0.5, 0.6) is 0 Å². The average molecular weight is 254 g/mol. The Morgan fingerprint density at radius 2 is 1.84 bits per heavy atom. The van der Waals surface area contributed by atoms with Gasteiger partial charge in [0.2, 0.25) is 0 Å². The molecule has 0 spiro atoms. The number of nitrogen functional groups attached to an aromatic ring is 1. The van der Waals surface area contributed by atoms with Crippen LogP contribution in [0.1, 0.15) is 36.5 Å². The standard InChI is InChI=1S/C17H22N2/c1-12(2)16-9-4-6-13(3)17(16)19-11-14-7-5-8-15(18)10-14/h4-10,12,19H,11,18H2,1-3H3. The maximum atomic E-state index is 5.81. The maximum Gasteiger partial charge on any atom is 0.0407 e. The van der Waals surface area contributed by atoms with E-state index < -0.39 is 0 Å². The number of nitrogens with one attached hydrogen (secondary N) is 1. The van der Waals surface area contributed by atoms with Crippen LogP contribution in [0.25, 0.3) is 0 Å². The molecule has 0 atom stereocenters. The van der Waals surface area contributed by atoms with Crippen LogP contribution in [0.4, 0.5) is 11.4 Å². The molecule has 0 amide bonds. The van der Waals surface area contributed by atoms with Crippen molar-refractivity contribution in [2.24, 2.45) is 0 Å². The molecule has 0 bridgehead atoms. The first-order chi connectivity index (χ1) is 9.08. The van der Waals surface area contributed by atoms with Crippen LogP contribution in [0.3, 0.4) is 0 Å². The molecule has 0 aliphatic carbocycles. The lowest BCUT2D eigenvalue weighted by Gasteiger charge is -2.17. The molecule has 0 aliphatic heterocycles. The van der Waals surface area contributed by atoms with Crippen LogP contribution in [-0.2, 0) is 6.54 Å². The Hall–Kier alpha value is -1.96. The van der Waals surface area contributed by atoms with Crippen LogP contribution in [-0.4, -0.2) is 0 Å². The number of hydrogen-bond donors (Lipinski definition) is 2. The summed E-state index contributed by atoms with van der Waals surface area (Å²) >= 11 is 0. The fraction of sp³-hybridized carbons (Fsp3) is 0.294. The van der Waals surface area contributed by atoms with Gasteiger partial charge in [0.1, 0.15) is 0 Å². The van der Waals surface area contributed by atoms with Crippen molar-refractivity contribution in [2.75, 3.05) is 11.1 Å². The summed E-state index contributed by atoms with van der Waals surface area (Å²) in [4.78, 5) is 0. The Bertz CT molecular complexity index is 559. The van der Waals surface area contributed by atoms with Gasteiger partial charge in [-0.05, 0) is 41.7 Å². The molecule has 0 fully saturated rings. The molecule has 100 valence electrons. The van der Waals surface area contributed by atoms with Crippen molar-refractivity contribution in [3.05, 3.63) is 59.2 Å². The molecule has 0 radical (unpaired) electrons. The highest BCUT2D eigenvalue weighted by molar-refractivity contribution is 5.58. The maximum absolute atomic E-state index is 5.81. The molecular weight excluding hydrogens is 232 g/mol. The molecule has 19 heavy (non-hydrogen) atoms. The molecule has 2 aromatic carbocycles. The summed E-state index contributed by atoms with van der Waals surface area (Å²) in [5, 5.41) is 3.55. The zero-order valence-electron chi connectivity index (χ0n) is 11.9. The number of rotatable bonds is 4. The van der Waals surface area contributed by atoms with Gasteiger partial charge < -0.3 is 11.1 Å². The van der Waals surface area contributed by atoms with Gasteiger partial charge in [-0.1, -0.05) is 44.2 Å². The van der Waals surface area contributed by atoms with Crippen LogP contribution in [0.2, 0.25) is 0 Å². The van der Waals surface area contributed by atoms with E-state index in [1.54, 1.807) is 0 Å². The van der Waals surface area contributed by atoms with Gasteiger partial charge in [-0.3, -0.25) is 0 Å². The number of aryl methyl sites for hydroxylation is 1. The van der Waals surface area contributed by atoms with Crippen molar-refractivity contribution in [3.8, 4) is 0 Å². The van der Waals surface area contributed by atoms with Gasteiger partial charge in [0, 0.05) is 17.9 Å². The lowest BCUT2D eigenvalue weighted by Crippen LogP contribution is -2.05. The van der Waals surface area contributed by atoms with E-state index in [4.69, 9.17) is 5.73 Å². The lowest BCUT2D eigenvalue weighted by molar-refractivity contribution is 0.863. The monoisotopic (exact) mass is 254 g/mol. The van der Waals surface area contributed by atoms with Gasteiger partial charge in [0.05, 0.1) is 0 Å². The van der Waals surface area contributed by atoms with E-state index >= 15 is 0 Å². The highest BCUT2D eigenvalue weighted by atomic mass is 14.9. The van der Waals surface area contributed by atoms with Crippen molar-refractivity contribution < 1.29 is 0 Å². The van der Waals surface area contributed by atoms with E-state index in [1.807, 2.05) is 18.2 Å². The van der Waals surface area contributed by atoms with E-state index in [1.165, 1.54) is 22.4 Å². The fourth-order valence-corrected chi connectivity index (χ4v) is 2.31. The Balaban J connectivity index is 2.19. The van der Waals surface area contributed by atoms with E-state index in [2.05, 4.69) is 50.4 Å². The summed E-state index contributed by atoms with van der Waals surface area (Å²) in [6, 6.07) is 14.5. The summed E-state index contributed by atoms with van der Waals surface area (Å²) in [5.41, 5.74) is 11.7. The van der Waals surface area contributed by atoms with E-state index in [0.717, 1.165) is 12.2 Å². The first kappa shape index (κ1) is 13.5. The van der Waals surface area contributed by atoms with Gasteiger partial charge in [-0.2, -0.15) is 0 Å². The summed E-state index contributed by atoms with van der Waals surface area (Å²) < 4.78 is 0. The summed E-state index contributed by atoms with van der Waals surface area (Å²) in [5.74, 6) is 0.517. The zero-order chi connectivity index (χ0) is 13.8. The Morgan fingerprint density at radius 3 is 2.53 bits per heavy atom. The third kappa shape index (κ3) is 3.28. The third-order valence-corrected chi connectivity index (χ3v) is 3.35. The largest absolute Gasteiger partial charge is 0.399 e. The summed E-state index contributed by atoms with van der Waals surface area (Å²) in [6.45, 7) is 7.39. The van der Waals surface area contributed by atoms with Crippen molar-refractivity contribution in [1.29, 1.82) is 0 Å². The molecule has 0 aliphatic rings. The van der Waals surface area contributed by atoms with Gasteiger partial charge >= 0.3 is 0 Å². The molecule has 0 saturated carbocycles. The Morgan fingerprint density at radius 1 is 1.11 bits per heavy atom. The SMILES string of the molecule is Cc1cccc(C(C)C)c1NCc1cccc(N)c1. The number of benzene rings is 2. The second-order valence-electron chi connectivity index (χ2n) is 5.29. The topological polar surface area (TPSA) is 38.0 Å². The van der Waals surface area contributed by atoms with Crippen LogP contribution in [0, 0.1) is 6.92 Å². The summed E-state index contributed by atoms with van der Waals surface area (Å²) in [6.07, 6.45) is 0. The molecular formula is C17H22N2. The minimum Gasteiger partial charge on any atom is -0.399 e. The first-order valence-corrected chi connectivity index (χ1v) is 6.75. The predicted octanol–water partition coefficient (Wildman–Crippen LogP) is 4.31. The first-order valence-electron chi connectivity index (χ1n) is 6.75. The Labute approximate surface area is 115 Å². The molecule has 0 unspecified atom stereocenters. The molecule has 2 aromatic rings. The number of nitrogens with two attached hydrogens (primary N) is 1. The average Bonchev–Trinajstić information content (AvgIpc) is 2.37. The normalized spacial score (nSPS) is 10.7. The van der Waals surface area contributed by atoms with Crippen molar-refractivity contribution in [1.82, 2.24) is 0 Å². The number of hydrogen-bond acceptors (Lipinski definition) is 2.